The lowest BCUT2D eigenvalue weighted by atomic mass is 10.2. The first-order valence-electron chi connectivity index (χ1n) is 5.35. The lowest BCUT2D eigenvalue weighted by Crippen LogP contribution is -2.14. The zero-order valence-corrected chi connectivity index (χ0v) is 11.4. The molecule has 0 atom stereocenters. The van der Waals surface area contributed by atoms with Gasteiger partial charge in [-0.2, -0.15) is 0 Å². The van der Waals surface area contributed by atoms with Crippen molar-refractivity contribution in [3.63, 3.8) is 0 Å². The average Bonchev–Trinajstić information content (AvgIpc) is 2.40. The minimum Gasteiger partial charge on any atom is -0.315 e. The van der Waals surface area contributed by atoms with E-state index < -0.39 is 10.8 Å². The monoisotopic (exact) mass is 311 g/mol. The molecule has 1 amide bonds. The minimum absolute atomic E-state index is 0.0335. The molecule has 0 spiro atoms. The second-order valence-corrected chi connectivity index (χ2v) is 4.54. The van der Waals surface area contributed by atoms with E-state index in [4.69, 9.17) is 23.2 Å². The molecule has 1 heterocycles. The van der Waals surface area contributed by atoms with Gasteiger partial charge in [0, 0.05) is 11.1 Å². The molecule has 0 fully saturated rings. The van der Waals surface area contributed by atoms with Crippen LogP contribution in [0.15, 0.2) is 36.4 Å². The van der Waals surface area contributed by atoms with Crippen molar-refractivity contribution in [3.05, 3.63) is 62.4 Å². The number of rotatable bonds is 3. The summed E-state index contributed by atoms with van der Waals surface area (Å²) in [6.07, 6.45) is 0. The Morgan fingerprint density at radius 2 is 2.00 bits per heavy atom. The molecule has 8 heteroatoms. The number of hydrogen-bond donors (Lipinski definition) is 1. The number of nitrogens with zero attached hydrogens (tertiary/aromatic N) is 2. The Balaban J connectivity index is 2.30. The Hall–Kier alpha value is -2.18. The molecule has 2 aromatic rings. The van der Waals surface area contributed by atoms with Crippen LogP contribution in [0.3, 0.4) is 0 Å². The van der Waals surface area contributed by atoms with Gasteiger partial charge < -0.3 is 5.32 Å². The van der Waals surface area contributed by atoms with Crippen LogP contribution in [-0.2, 0) is 0 Å². The number of halogens is 2. The van der Waals surface area contributed by atoms with Crippen LogP contribution in [0.1, 0.15) is 10.5 Å². The van der Waals surface area contributed by atoms with Crippen molar-refractivity contribution >= 4 is 40.5 Å². The van der Waals surface area contributed by atoms with Crippen molar-refractivity contribution in [3.8, 4) is 0 Å². The van der Waals surface area contributed by atoms with Crippen LogP contribution in [0.4, 0.5) is 11.4 Å². The smallest absolute Gasteiger partial charge is 0.294 e. The maximum absolute atomic E-state index is 11.9. The van der Waals surface area contributed by atoms with Crippen molar-refractivity contribution in [1.82, 2.24) is 4.98 Å². The molecular formula is C12H7Cl2N3O3. The second kappa shape index (κ2) is 5.85. The van der Waals surface area contributed by atoms with E-state index in [0.717, 1.165) is 6.07 Å². The maximum atomic E-state index is 11.9. The first-order valence-corrected chi connectivity index (χ1v) is 6.11. The molecule has 0 aliphatic rings. The number of carbonyl (C=O) groups excluding carboxylic acids is 1. The number of aromatic nitrogens is 1. The Morgan fingerprint density at radius 3 is 2.65 bits per heavy atom. The van der Waals surface area contributed by atoms with E-state index in [9.17, 15) is 14.9 Å². The number of carbonyl (C=O) groups is 1. The zero-order valence-electron chi connectivity index (χ0n) is 9.84. The van der Waals surface area contributed by atoms with Gasteiger partial charge in [0.2, 0.25) is 0 Å². The van der Waals surface area contributed by atoms with Crippen molar-refractivity contribution in [2.24, 2.45) is 0 Å². The van der Waals surface area contributed by atoms with Gasteiger partial charge in [-0.25, -0.2) is 4.98 Å². The van der Waals surface area contributed by atoms with Gasteiger partial charge in [-0.1, -0.05) is 29.3 Å². The third-order valence-electron chi connectivity index (χ3n) is 2.35. The average molecular weight is 312 g/mol. The summed E-state index contributed by atoms with van der Waals surface area (Å²) in [6, 6.07) is 8.47. The van der Waals surface area contributed by atoms with Gasteiger partial charge in [-0.3, -0.25) is 14.9 Å². The summed E-state index contributed by atoms with van der Waals surface area (Å²) in [5.41, 5.74) is -0.208. The Morgan fingerprint density at radius 1 is 1.25 bits per heavy atom. The van der Waals surface area contributed by atoms with E-state index >= 15 is 0 Å². The molecule has 1 N–H and O–H groups in total. The lowest BCUT2D eigenvalue weighted by molar-refractivity contribution is -0.383. The minimum atomic E-state index is -0.632. The Bertz CT molecular complexity index is 691. The predicted octanol–water partition coefficient (Wildman–Crippen LogP) is 3.55. The fourth-order valence-electron chi connectivity index (χ4n) is 1.48. The van der Waals surface area contributed by atoms with Crippen LogP contribution in [-0.4, -0.2) is 15.8 Å². The number of anilines is 1. The summed E-state index contributed by atoms with van der Waals surface area (Å²) in [7, 11) is 0. The van der Waals surface area contributed by atoms with E-state index in [1.807, 2.05) is 0 Å². The van der Waals surface area contributed by atoms with Crippen molar-refractivity contribution in [2.75, 3.05) is 5.32 Å². The fourth-order valence-corrected chi connectivity index (χ4v) is 1.81. The third kappa shape index (κ3) is 3.23. The highest BCUT2D eigenvalue weighted by Crippen LogP contribution is 2.28. The number of benzene rings is 1. The van der Waals surface area contributed by atoms with Gasteiger partial charge >= 0.3 is 0 Å². The quantitative estimate of drug-likeness (QED) is 0.533. The number of amides is 1. The van der Waals surface area contributed by atoms with Crippen molar-refractivity contribution in [2.45, 2.75) is 0 Å². The van der Waals surface area contributed by atoms with Gasteiger partial charge in [0.05, 0.1) is 4.92 Å². The summed E-state index contributed by atoms with van der Waals surface area (Å²) in [5.74, 6) is -0.599. The molecular weight excluding hydrogens is 305 g/mol. The van der Waals surface area contributed by atoms with Crippen molar-refractivity contribution in [1.29, 1.82) is 0 Å². The second-order valence-electron chi connectivity index (χ2n) is 3.72. The first-order chi connectivity index (χ1) is 9.47. The fraction of sp³-hybridized carbons (Fsp3) is 0. The molecule has 102 valence electrons. The van der Waals surface area contributed by atoms with Crippen LogP contribution in [0, 0.1) is 10.1 Å². The first kappa shape index (κ1) is 14.2. The Kier molecular flexibility index (Phi) is 4.16. The van der Waals surface area contributed by atoms with E-state index in [1.165, 1.54) is 24.3 Å². The topological polar surface area (TPSA) is 85.1 Å². The van der Waals surface area contributed by atoms with Crippen LogP contribution in [0.2, 0.25) is 10.2 Å². The number of nitrogens with one attached hydrogen (secondary N) is 1. The molecule has 2 rings (SSSR count). The van der Waals surface area contributed by atoms with E-state index in [0.29, 0.717) is 0 Å². The standard InChI is InChI=1S/C12H7Cl2N3O3/c13-7-4-5-8(10(6-7)17(19)20)16-12(18)9-2-1-3-11(14)15-9/h1-6H,(H,16,18). The molecule has 0 saturated heterocycles. The molecule has 6 nitrogen and oxygen atoms in total. The molecule has 0 aliphatic heterocycles. The largest absolute Gasteiger partial charge is 0.315 e. The summed E-state index contributed by atoms with van der Waals surface area (Å²) in [4.78, 5) is 26.0. The van der Waals surface area contributed by atoms with E-state index in [2.05, 4.69) is 10.3 Å². The van der Waals surface area contributed by atoms with E-state index in [1.54, 1.807) is 6.07 Å². The summed E-state index contributed by atoms with van der Waals surface area (Å²) in [5, 5.41) is 13.7. The van der Waals surface area contributed by atoms with E-state index in [-0.39, 0.29) is 27.2 Å². The molecule has 0 bridgehead atoms. The maximum Gasteiger partial charge on any atom is 0.294 e. The number of nitro benzene ring substituents is 1. The Labute approximate surface area is 123 Å². The zero-order chi connectivity index (χ0) is 14.7. The SMILES string of the molecule is O=C(Nc1ccc(Cl)cc1[N+](=O)[O-])c1cccc(Cl)n1. The highest BCUT2D eigenvalue weighted by atomic mass is 35.5. The molecule has 0 aliphatic carbocycles. The lowest BCUT2D eigenvalue weighted by Gasteiger charge is -2.06. The van der Waals surface area contributed by atoms with Gasteiger partial charge in [-0.05, 0) is 24.3 Å². The predicted molar refractivity (Wildman–Crippen MR) is 75.3 cm³/mol. The molecule has 1 aromatic heterocycles. The van der Waals surface area contributed by atoms with Gasteiger partial charge in [0.1, 0.15) is 16.5 Å². The number of nitro groups is 1. The molecule has 0 saturated carbocycles. The molecule has 0 unspecified atom stereocenters. The molecule has 20 heavy (non-hydrogen) atoms. The summed E-state index contributed by atoms with van der Waals surface area (Å²) >= 11 is 11.4. The summed E-state index contributed by atoms with van der Waals surface area (Å²) < 4.78 is 0. The van der Waals surface area contributed by atoms with Gasteiger partial charge in [0.25, 0.3) is 11.6 Å². The van der Waals surface area contributed by atoms with Crippen LogP contribution >= 0.6 is 23.2 Å². The van der Waals surface area contributed by atoms with Crippen molar-refractivity contribution < 1.29 is 9.72 Å². The molecule has 0 radical (unpaired) electrons. The van der Waals surface area contributed by atoms with Crippen LogP contribution < -0.4 is 5.32 Å². The van der Waals surface area contributed by atoms with Crippen LogP contribution in [0.5, 0.6) is 0 Å². The number of pyridine rings is 1. The highest BCUT2D eigenvalue weighted by molar-refractivity contribution is 6.31. The molecule has 1 aromatic carbocycles. The number of hydrogen-bond acceptors (Lipinski definition) is 4. The normalized spacial score (nSPS) is 10.1. The highest BCUT2D eigenvalue weighted by Gasteiger charge is 2.17. The van der Waals surface area contributed by atoms with Gasteiger partial charge in [-0.15, -0.1) is 0 Å². The van der Waals surface area contributed by atoms with Crippen LogP contribution in [0.25, 0.3) is 0 Å². The van der Waals surface area contributed by atoms with Gasteiger partial charge in [0.15, 0.2) is 0 Å². The third-order valence-corrected chi connectivity index (χ3v) is 2.80. The summed E-state index contributed by atoms with van der Waals surface area (Å²) in [6.45, 7) is 0.